The molecule has 0 heterocycles. The topological polar surface area (TPSA) is 52.3 Å². The maximum atomic E-state index is 10.8. The van der Waals surface area contributed by atoms with Gasteiger partial charge in [0.2, 0.25) is 5.91 Å². The van der Waals surface area contributed by atoms with Crippen molar-refractivity contribution in [1.29, 1.82) is 0 Å². The molecule has 2 N–H and O–H groups in total. The zero-order valence-corrected chi connectivity index (χ0v) is 9.15. The number of nitrogens with two attached hydrogens (primary N) is 1. The molecule has 0 aromatic heterocycles. The summed E-state index contributed by atoms with van der Waals surface area (Å²) in [7, 11) is 1.51. The van der Waals surface area contributed by atoms with Crippen LogP contribution in [0.1, 0.15) is 10.4 Å². The molecule has 0 bridgehead atoms. The molecule has 70 valence electrons. The summed E-state index contributed by atoms with van der Waals surface area (Å²) in [4.78, 5) is 10.8. The zero-order chi connectivity index (χ0) is 10.0. The molecule has 0 saturated carbocycles. The van der Waals surface area contributed by atoms with Gasteiger partial charge >= 0.3 is 0 Å². The number of methoxy groups -OCH3 is 1. The highest BCUT2D eigenvalue weighted by atomic mass is 79.9. The molecule has 3 nitrogen and oxygen atoms in total. The van der Waals surface area contributed by atoms with Gasteiger partial charge < -0.3 is 10.5 Å². The van der Waals surface area contributed by atoms with E-state index in [1.54, 1.807) is 0 Å². The number of hydrogen-bond donors (Lipinski definition) is 1. The Bertz CT molecular complexity index is 354. The Balaban J connectivity index is 3.28. The number of hydrogen-bond acceptors (Lipinski definition) is 2. The van der Waals surface area contributed by atoms with Gasteiger partial charge in [0.05, 0.1) is 22.2 Å². The number of primary amides is 1. The molecule has 13 heavy (non-hydrogen) atoms. The first-order valence-electron chi connectivity index (χ1n) is 3.39. The van der Waals surface area contributed by atoms with Gasteiger partial charge in [-0.05, 0) is 22.0 Å². The van der Waals surface area contributed by atoms with Crippen LogP contribution in [0.15, 0.2) is 16.6 Å². The van der Waals surface area contributed by atoms with Crippen LogP contribution in [0.25, 0.3) is 0 Å². The van der Waals surface area contributed by atoms with Gasteiger partial charge in [-0.25, -0.2) is 0 Å². The van der Waals surface area contributed by atoms with E-state index in [4.69, 9.17) is 22.1 Å². The van der Waals surface area contributed by atoms with E-state index in [9.17, 15) is 4.79 Å². The minimum Gasteiger partial charge on any atom is -0.496 e. The average molecular weight is 265 g/mol. The second-order valence-corrected chi connectivity index (χ2v) is 3.59. The highest BCUT2D eigenvalue weighted by Crippen LogP contribution is 2.30. The second kappa shape index (κ2) is 3.98. The zero-order valence-electron chi connectivity index (χ0n) is 6.80. The Morgan fingerprint density at radius 2 is 2.23 bits per heavy atom. The SMILES string of the molecule is COc1cc(Cl)c(C(N)=O)cc1Br. The summed E-state index contributed by atoms with van der Waals surface area (Å²) in [6.45, 7) is 0. The second-order valence-electron chi connectivity index (χ2n) is 2.33. The first kappa shape index (κ1) is 10.3. The highest BCUT2D eigenvalue weighted by Gasteiger charge is 2.10. The Labute approximate surface area is 88.9 Å². The van der Waals surface area contributed by atoms with Crippen molar-refractivity contribution in [2.24, 2.45) is 5.73 Å². The summed E-state index contributed by atoms with van der Waals surface area (Å²) in [5.41, 5.74) is 5.36. The van der Waals surface area contributed by atoms with E-state index in [0.717, 1.165) is 0 Å². The van der Waals surface area contributed by atoms with E-state index in [-0.39, 0.29) is 10.6 Å². The molecule has 0 fully saturated rings. The Hall–Kier alpha value is -0.740. The van der Waals surface area contributed by atoms with Crippen molar-refractivity contribution in [3.05, 3.63) is 27.2 Å². The van der Waals surface area contributed by atoms with Crippen molar-refractivity contribution in [1.82, 2.24) is 0 Å². The lowest BCUT2D eigenvalue weighted by Crippen LogP contribution is -2.11. The third kappa shape index (κ3) is 2.14. The molecule has 5 heteroatoms. The van der Waals surface area contributed by atoms with Crippen LogP contribution in [0.4, 0.5) is 0 Å². The van der Waals surface area contributed by atoms with Gasteiger partial charge in [-0.3, -0.25) is 4.79 Å². The van der Waals surface area contributed by atoms with E-state index >= 15 is 0 Å². The minimum atomic E-state index is -0.562. The molecule has 0 saturated heterocycles. The largest absolute Gasteiger partial charge is 0.496 e. The lowest BCUT2D eigenvalue weighted by molar-refractivity contribution is 0.100. The molecule has 0 aliphatic rings. The number of halogens is 2. The summed E-state index contributed by atoms with van der Waals surface area (Å²) in [6.07, 6.45) is 0. The Kier molecular flexibility index (Phi) is 3.17. The third-order valence-corrected chi connectivity index (χ3v) is 2.44. The van der Waals surface area contributed by atoms with Crippen LogP contribution in [0, 0.1) is 0 Å². The molecular formula is C8H7BrClNO2. The van der Waals surface area contributed by atoms with Crippen LogP contribution in [0.5, 0.6) is 5.75 Å². The van der Waals surface area contributed by atoms with Gasteiger partial charge in [-0.15, -0.1) is 0 Å². The molecule has 1 aromatic carbocycles. The highest BCUT2D eigenvalue weighted by molar-refractivity contribution is 9.10. The maximum absolute atomic E-state index is 10.8. The number of rotatable bonds is 2. The van der Waals surface area contributed by atoms with Gasteiger partial charge in [0.15, 0.2) is 0 Å². The van der Waals surface area contributed by atoms with Crippen molar-refractivity contribution in [2.45, 2.75) is 0 Å². The van der Waals surface area contributed by atoms with Crippen molar-refractivity contribution in [3.63, 3.8) is 0 Å². The third-order valence-electron chi connectivity index (χ3n) is 1.51. The van der Waals surface area contributed by atoms with Crippen LogP contribution in [0.2, 0.25) is 5.02 Å². The Morgan fingerprint density at radius 3 is 2.69 bits per heavy atom. The summed E-state index contributed by atoms with van der Waals surface area (Å²) < 4.78 is 5.62. The Morgan fingerprint density at radius 1 is 1.62 bits per heavy atom. The van der Waals surface area contributed by atoms with Gasteiger partial charge in [-0.1, -0.05) is 11.6 Å². The molecular weight excluding hydrogens is 257 g/mol. The van der Waals surface area contributed by atoms with Crippen LogP contribution in [-0.2, 0) is 0 Å². The molecule has 1 aromatic rings. The minimum absolute atomic E-state index is 0.273. The fourth-order valence-corrected chi connectivity index (χ4v) is 1.63. The van der Waals surface area contributed by atoms with Crippen LogP contribution in [0.3, 0.4) is 0 Å². The molecule has 0 aliphatic carbocycles. The molecule has 0 unspecified atom stereocenters. The number of carbonyl (C=O) groups is 1. The number of ether oxygens (including phenoxy) is 1. The van der Waals surface area contributed by atoms with Gasteiger partial charge in [0, 0.05) is 6.07 Å². The van der Waals surface area contributed by atoms with Crippen LogP contribution >= 0.6 is 27.5 Å². The lowest BCUT2D eigenvalue weighted by Gasteiger charge is -2.06. The van der Waals surface area contributed by atoms with Crippen molar-refractivity contribution < 1.29 is 9.53 Å². The number of amides is 1. The number of carbonyl (C=O) groups excluding carboxylic acids is 1. The summed E-state index contributed by atoms with van der Waals surface area (Å²) >= 11 is 8.99. The fourth-order valence-electron chi connectivity index (χ4n) is 0.874. The van der Waals surface area contributed by atoms with Gasteiger partial charge in [-0.2, -0.15) is 0 Å². The van der Waals surface area contributed by atoms with E-state index in [2.05, 4.69) is 15.9 Å². The predicted octanol–water partition coefficient (Wildman–Crippen LogP) is 2.21. The molecule has 1 rings (SSSR count). The van der Waals surface area contributed by atoms with Gasteiger partial charge in [0.1, 0.15) is 5.75 Å². The van der Waals surface area contributed by atoms with Crippen molar-refractivity contribution in [3.8, 4) is 5.75 Å². The standard InChI is InChI=1S/C8H7BrClNO2/c1-13-7-3-6(10)4(8(11)12)2-5(7)9/h2-3H,1H3,(H2,11,12). The summed E-state index contributed by atoms with van der Waals surface area (Å²) in [5.74, 6) is 0.00310. The van der Waals surface area contributed by atoms with E-state index in [1.807, 2.05) is 0 Å². The summed E-state index contributed by atoms with van der Waals surface area (Å²) in [6, 6.07) is 3.06. The molecule has 0 spiro atoms. The monoisotopic (exact) mass is 263 g/mol. The first-order valence-corrected chi connectivity index (χ1v) is 4.56. The van der Waals surface area contributed by atoms with Crippen molar-refractivity contribution in [2.75, 3.05) is 7.11 Å². The smallest absolute Gasteiger partial charge is 0.250 e. The van der Waals surface area contributed by atoms with E-state index < -0.39 is 5.91 Å². The summed E-state index contributed by atoms with van der Waals surface area (Å²) in [5, 5.41) is 0.285. The van der Waals surface area contributed by atoms with Crippen LogP contribution in [-0.4, -0.2) is 13.0 Å². The van der Waals surface area contributed by atoms with Crippen LogP contribution < -0.4 is 10.5 Å². The first-order chi connectivity index (χ1) is 6.06. The molecule has 0 aliphatic heterocycles. The molecule has 0 atom stereocenters. The quantitative estimate of drug-likeness (QED) is 0.890. The van der Waals surface area contributed by atoms with Gasteiger partial charge in [0.25, 0.3) is 0 Å². The fraction of sp³-hybridized carbons (Fsp3) is 0.125. The normalized spacial score (nSPS) is 9.77. The van der Waals surface area contributed by atoms with E-state index in [0.29, 0.717) is 10.2 Å². The lowest BCUT2D eigenvalue weighted by atomic mass is 10.2. The van der Waals surface area contributed by atoms with Crippen molar-refractivity contribution >= 4 is 33.4 Å². The number of benzene rings is 1. The maximum Gasteiger partial charge on any atom is 0.250 e. The molecule has 0 radical (unpaired) electrons. The van der Waals surface area contributed by atoms with E-state index in [1.165, 1.54) is 19.2 Å². The molecule has 1 amide bonds. The average Bonchev–Trinajstić information content (AvgIpc) is 2.07. The predicted molar refractivity (Wildman–Crippen MR) is 54.2 cm³/mol.